The summed E-state index contributed by atoms with van der Waals surface area (Å²) in [5.41, 5.74) is 6.54. The lowest BCUT2D eigenvalue weighted by Gasteiger charge is -2.34. The summed E-state index contributed by atoms with van der Waals surface area (Å²) in [6.07, 6.45) is 5.44. The standard InChI is InChI=1S/C19H26N6O/c1-2-3-13-25-15-10-6-5-9-14(15)19(16(25)26)22-17(20)21-18(23-19)24-11-7-4-8-12-24/h5-6,9-10H,2-4,7-8,11-13H2,1H3,(H3,20,21,22,23)/t19-/m0/s1. The number of carbonyl (C=O) groups excluding carboxylic acids is 1. The first-order valence-electron chi connectivity index (χ1n) is 9.54. The van der Waals surface area contributed by atoms with Gasteiger partial charge in [-0.05, 0) is 31.7 Å². The highest BCUT2D eigenvalue weighted by molar-refractivity contribution is 6.12. The van der Waals surface area contributed by atoms with Gasteiger partial charge in [0.2, 0.25) is 5.96 Å². The number of para-hydroxylation sites is 1. The second-order valence-electron chi connectivity index (χ2n) is 7.10. The summed E-state index contributed by atoms with van der Waals surface area (Å²) in [5, 5.41) is 3.08. The SMILES string of the molecule is CCCCN1C(=O)[C@]2(N=C(N)NC(N3CCCCC3)=N2)c2ccccc21. The molecule has 3 heterocycles. The van der Waals surface area contributed by atoms with E-state index in [1.807, 2.05) is 29.2 Å². The Bertz CT molecular complexity index is 767. The van der Waals surface area contributed by atoms with Gasteiger partial charge in [-0.1, -0.05) is 31.5 Å². The van der Waals surface area contributed by atoms with Crippen LogP contribution in [0.25, 0.3) is 0 Å². The van der Waals surface area contributed by atoms with Crippen LogP contribution < -0.4 is 16.0 Å². The van der Waals surface area contributed by atoms with Crippen molar-refractivity contribution in [3.05, 3.63) is 29.8 Å². The zero-order valence-electron chi connectivity index (χ0n) is 15.2. The quantitative estimate of drug-likeness (QED) is 0.866. The first kappa shape index (κ1) is 16.9. The number of nitrogens with one attached hydrogen (secondary N) is 1. The number of piperidine rings is 1. The van der Waals surface area contributed by atoms with Crippen LogP contribution in [0.4, 0.5) is 5.69 Å². The first-order valence-corrected chi connectivity index (χ1v) is 9.54. The van der Waals surface area contributed by atoms with E-state index < -0.39 is 5.66 Å². The van der Waals surface area contributed by atoms with E-state index in [4.69, 9.17) is 10.7 Å². The molecule has 1 amide bonds. The largest absolute Gasteiger partial charge is 0.370 e. The number of guanidine groups is 2. The highest BCUT2D eigenvalue weighted by Crippen LogP contribution is 2.45. The average molecular weight is 354 g/mol. The van der Waals surface area contributed by atoms with Crippen molar-refractivity contribution in [2.24, 2.45) is 15.7 Å². The normalized spacial score (nSPS) is 25.0. The minimum atomic E-state index is -1.29. The number of nitrogens with zero attached hydrogens (tertiary/aromatic N) is 4. The number of rotatable bonds is 3. The van der Waals surface area contributed by atoms with E-state index in [9.17, 15) is 4.79 Å². The van der Waals surface area contributed by atoms with E-state index >= 15 is 0 Å². The molecule has 1 atom stereocenters. The van der Waals surface area contributed by atoms with Crippen LogP contribution in [-0.4, -0.2) is 42.4 Å². The number of fused-ring (bicyclic) bond motifs is 2. The van der Waals surface area contributed by atoms with Crippen LogP contribution in [0.2, 0.25) is 0 Å². The Morgan fingerprint density at radius 1 is 1.19 bits per heavy atom. The number of likely N-dealkylation sites (tertiary alicyclic amines) is 1. The summed E-state index contributed by atoms with van der Waals surface area (Å²) >= 11 is 0. The Kier molecular flexibility index (Phi) is 4.30. The number of amides is 1. The number of anilines is 1. The number of hydrogen-bond donors (Lipinski definition) is 2. The maximum atomic E-state index is 13.4. The molecule has 1 aromatic carbocycles. The van der Waals surface area contributed by atoms with Crippen molar-refractivity contribution in [3.63, 3.8) is 0 Å². The lowest BCUT2D eigenvalue weighted by atomic mass is 10.0. The molecule has 26 heavy (non-hydrogen) atoms. The molecule has 138 valence electrons. The van der Waals surface area contributed by atoms with Crippen LogP contribution >= 0.6 is 0 Å². The Morgan fingerprint density at radius 2 is 1.96 bits per heavy atom. The number of aliphatic imine (C=N–C) groups is 2. The van der Waals surface area contributed by atoms with Crippen LogP contribution in [0.1, 0.15) is 44.6 Å². The van der Waals surface area contributed by atoms with Crippen LogP contribution in [0.15, 0.2) is 34.3 Å². The number of unbranched alkanes of at least 4 members (excludes halogenated alkanes) is 1. The Hall–Kier alpha value is -2.57. The molecule has 0 unspecified atom stereocenters. The van der Waals surface area contributed by atoms with E-state index in [-0.39, 0.29) is 11.9 Å². The molecule has 4 rings (SSSR count). The summed E-state index contributed by atoms with van der Waals surface area (Å²) < 4.78 is 0. The first-order chi connectivity index (χ1) is 12.7. The molecular formula is C19H26N6O. The van der Waals surface area contributed by atoms with Gasteiger partial charge in [0.15, 0.2) is 5.96 Å². The van der Waals surface area contributed by atoms with E-state index in [0.29, 0.717) is 12.5 Å². The molecule has 0 saturated carbocycles. The second kappa shape index (κ2) is 6.63. The summed E-state index contributed by atoms with van der Waals surface area (Å²) in [7, 11) is 0. The van der Waals surface area contributed by atoms with Gasteiger partial charge in [-0.15, -0.1) is 0 Å². The van der Waals surface area contributed by atoms with Crippen molar-refractivity contribution >= 4 is 23.5 Å². The molecule has 1 spiro atoms. The Labute approximate surface area is 154 Å². The van der Waals surface area contributed by atoms with Gasteiger partial charge >= 0.3 is 0 Å². The van der Waals surface area contributed by atoms with Gasteiger partial charge in [0.25, 0.3) is 11.6 Å². The Balaban J connectivity index is 1.78. The summed E-state index contributed by atoms with van der Waals surface area (Å²) in [6, 6.07) is 7.80. The highest BCUT2D eigenvalue weighted by Gasteiger charge is 2.53. The van der Waals surface area contributed by atoms with E-state index in [2.05, 4.69) is 22.1 Å². The third-order valence-electron chi connectivity index (χ3n) is 5.29. The number of hydrogen-bond acceptors (Lipinski definition) is 6. The summed E-state index contributed by atoms with van der Waals surface area (Å²) in [5.74, 6) is 0.810. The molecule has 1 fully saturated rings. The maximum Gasteiger partial charge on any atom is 0.282 e. The van der Waals surface area contributed by atoms with Crippen LogP contribution in [-0.2, 0) is 10.5 Å². The predicted molar refractivity (Wildman–Crippen MR) is 103 cm³/mol. The van der Waals surface area contributed by atoms with Gasteiger partial charge in [-0.2, -0.15) is 0 Å². The fourth-order valence-electron chi connectivity index (χ4n) is 3.95. The van der Waals surface area contributed by atoms with Crippen LogP contribution in [0, 0.1) is 0 Å². The van der Waals surface area contributed by atoms with Crippen molar-refractivity contribution in [1.82, 2.24) is 10.2 Å². The van der Waals surface area contributed by atoms with Crippen molar-refractivity contribution in [2.75, 3.05) is 24.5 Å². The average Bonchev–Trinajstić information content (AvgIpc) is 2.89. The topological polar surface area (TPSA) is 86.3 Å². The molecule has 0 bridgehead atoms. The van der Waals surface area contributed by atoms with Gasteiger partial charge in [-0.3, -0.25) is 10.1 Å². The Morgan fingerprint density at radius 3 is 2.73 bits per heavy atom. The molecule has 0 aliphatic carbocycles. The number of benzene rings is 1. The molecular weight excluding hydrogens is 328 g/mol. The number of nitrogens with two attached hydrogens (primary N) is 1. The molecule has 3 N–H and O–H groups in total. The molecule has 0 aromatic heterocycles. The van der Waals surface area contributed by atoms with E-state index in [0.717, 1.165) is 50.0 Å². The molecule has 1 saturated heterocycles. The molecule has 7 heteroatoms. The molecule has 0 radical (unpaired) electrons. The van der Waals surface area contributed by atoms with Crippen LogP contribution in [0.5, 0.6) is 0 Å². The van der Waals surface area contributed by atoms with Gasteiger partial charge in [-0.25, -0.2) is 9.98 Å². The lowest BCUT2D eigenvalue weighted by Crippen LogP contribution is -2.55. The molecule has 3 aliphatic rings. The minimum absolute atomic E-state index is 0.105. The smallest absolute Gasteiger partial charge is 0.282 e. The minimum Gasteiger partial charge on any atom is -0.370 e. The van der Waals surface area contributed by atoms with Crippen molar-refractivity contribution < 1.29 is 4.79 Å². The summed E-state index contributed by atoms with van der Waals surface area (Å²) in [6.45, 7) is 4.64. The monoisotopic (exact) mass is 354 g/mol. The van der Waals surface area contributed by atoms with Gasteiger partial charge in [0.05, 0.1) is 5.69 Å². The highest BCUT2D eigenvalue weighted by atomic mass is 16.2. The van der Waals surface area contributed by atoms with Gasteiger partial charge in [0.1, 0.15) is 0 Å². The molecule has 3 aliphatic heterocycles. The fourth-order valence-corrected chi connectivity index (χ4v) is 3.95. The molecule has 7 nitrogen and oxygen atoms in total. The van der Waals surface area contributed by atoms with Crippen molar-refractivity contribution in [2.45, 2.75) is 44.7 Å². The maximum absolute atomic E-state index is 13.4. The molecule has 1 aromatic rings. The zero-order valence-corrected chi connectivity index (χ0v) is 15.2. The number of carbonyl (C=O) groups is 1. The van der Waals surface area contributed by atoms with E-state index in [1.54, 1.807) is 0 Å². The van der Waals surface area contributed by atoms with Gasteiger partial charge < -0.3 is 15.5 Å². The van der Waals surface area contributed by atoms with Crippen molar-refractivity contribution in [1.29, 1.82) is 0 Å². The third-order valence-corrected chi connectivity index (χ3v) is 5.29. The van der Waals surface area contributed by atoms with E-state index in [1.165, 1.54) is 6.42 Å². The third kappa shape index (κ3) is 2.62. The lowest BCUT2D eigenvalue weighted by molar-refractivity contribution is -0.122. The fraction of sp³-hybridized carbons (Fsp3) is 0.526. The van der Waals surface area contributed by atoms with Gasteiger partial charge in [0, 0.05) is 25.2 Å². The van der Waals surface area contributed by atoms with Crippen LogP contribution in [0.3, 0.4) is 0 Å². The predicted octanol–water partition coefficient (Wildman–Crippen LogP) is 1.75. The van der Waals surface area contributed by atoms with Crippen molar-refractivity contribution in [3.8, 4) is 0 Å². The zero-order chi connectivity index (χ0) is 18.1. The summed E-state index contributed by atoms with van der Waals surface area (Å²) in [4.78, 5) is 26.8. The second-order valence-corrected chi connectivity index (χ2v) is 7.10.